The molecular weight excluding hydrogens is 310 g/mol. The molecule has 2 rings (SSSR count). The third-order valence-electron chi connectivity index (χ3n) is 4.69. The summed E-state index contributed by atoms with van der Waals surface area (Å²) in [7, 11) is 0. The molecule has 5 nitrogen and oxygen atoms in total. The van der Waals surface area contributed by atoms with Crippen LogP contribution in [0, 0.1) is 0 Å². The van der Waals surface area contributed by atoms with Crippen molar-refractivity contribution in [2.75, 3.05) is 26.2 Å². The molecule has 1 saturated heterocycles. The Morgan fingerprint density at radius 1 is 1.09 bits per heavy atom. The van der Waals surface area contributed by atoms with Crippen molar-refractivity contribution < 1.29 is 9.53 Å². The number of carbonyl (C=O) groups is 1. The molecule has 1 saturated carbocycles. The maximum Gasteiger partial charge on any atom is 0.407 e. The molecule has 2 aliphatic rings. The number of carbonyl (C=O) groups excluding carboxylic acids is 1. The van der Waals surface area contributed by atoms with Crippen LogP contribution in [0.2, 0.25) is 0 Å². The van der Waals surface area contributed by atoms with Crippen LogP contribution < -0.4 is 5.32 Å². The largest absolute Gasteiger partial charge is 0.444 e. The first kappa shape index (κ1) is 18.5. The first-order valence-electron chi connectivity index (χ1n) is 8.73. The Balaban J connectivity index is 1.70. The minimum Gasteiger partial charge on any atom is -0.444 e. The first-order valence-corrected chi connectivity index (χ1v) is 9.14. The summed E-state index contributed by atoms with van der Waals surface area (Å²) < 4.78 is 5.34. The average molecular weight is 342 g/mol. The molecule has 132 valence electrons. The van der Waals surface area contributed by atoms with Gasteiger partial charge in [-0.05, 0) is 53.4 Å². The Bertz CT molecular complexity index is 420. The van der Waals surface area contributed by atoms with Crippen LogP contribution in [0.4, 0.5) is 4.79 Å². The lowest BCUT2D eigenvalue weighted by atomic mass is 9.90. The fourth-order valence-electron chi connectivity index (χ4n) is 3.46. The SMILES string of the molecule is CC(=S)N1CCN(C2CCC(NC(=O)OC(C)(C)C)CC2)CC1. The van der Waals surface area contributed by atoms with Crippen molar-refractivity contribution in [1.29, 1.82) is 0 Å². The van der Waals surface area contributed by atoms with E-state index in [9.17, 15) is 4.79 Å². The van der Waals surface area contributed by atoms with E-state index in [0.29, 0.717) is 6.04 Å². The lowest BCUT2D eigenvalue weighted by molar-refractivity contribution is 0.0466. The molecule has 1 aliphatic heterocycles. The van der Waals surface area contributed by atoms with Gasteiger partial charge in [-0.3, -0.25) is 4.90 Å². The monoisotopic (exact) mass is 341 g/mol. The molecule has 1 aliphatic carbocycles. The number of ether oxygens (including phenoxy) is 1. The first-order chi connectivity index (χ1) is 10.7. The molecular formula is C17H31N3O2S. The summed E-state index contributed by atoms with van der Waals surface area (Å²) in [5, 5.41) is 3.02. The van der Waals surface area contributed by atoms with E-state index in [2.05, 4.69) is 15.1 Å². The zero-order valence-corrected chi connectivity index (χ0v) is 15.7. The molecule has 0 aromatic carbocycles. The molecule has 1 N–H and O–H groups in total. The summed E-state index contributed by atoms with van der Waals surface area (Å²) in [6.07, 6.45) is 4.09. The highest BCUT2D eigenvalue weighted by atomic mass is 32.1. The highest BCUT2D eigenvalue weighted by Gasteiger charge is 2.29. The summed E-state index contributed by atoms with van der Waals surface area (Å²) in [6.45, 7) is 12.0. The van der Waals surface area contributed by atoms with Gasteiger partial charge in [0.1, 0.15) is 5.60 Å². The van der Waals surface area contributed by atoms with Crippen molar-refractivity contribution in [3.05, 3.63) is 0 Å². The normalized spacial score (nSPS) is 26.7. The van der Waals surface area contributed by atoms with Gasteiger partial charge in [0.15, 0.2) is 0 Å². The maximum absolute atomic E-state index is 11.8. The maximum atomic E-state index is 11.8. The number of rotatable bonds is 2. The lowest BCUT2D eigenvalue weighted by Crippen LogP contribution is -2.53. The standard InChI is InChI=1S/C17H31N3O2S/c1-13(23)19-9-11-20(12-10-19)15-7-5-14(6-8-15)18-16(21)22-17(2,3)4/h14-15H,5-12H2,1-4H3,(H,18,21). The minimum atomic E-state index is -0.430. The van der Waals surface area contributed by atoms with Crippen LogP contribution in [0.15, 0.2) is 0 Å². The topological polar surface area (TPSA) is 44.8 Å². The summed E-state index contributed by atoms with van der Waals surface area (Å²) in [4.78, 5) is 17.7. The Morgan fingerprint density at radius 3 is 2.13 bits per heavy atom. The number of piperazine rings is 1. The fraction of sp³-hybridized carbons (Fsp3) is 0.882. The van der Waals surface area contributed by atoms with E-state index in [1.54, 1.807) is 0 Å². The zero-order valence-electron chi connectivity index (χ0n) is 14.9. The lowest BCUT2D eigenvalue weighted by Gasteiger charge is -2.42. The molecule has 6 heteroatoms. The zero-order chi connectivity index (χ0) is 17.0. The summed E-state index contributed by atoms with van der Waals surface area (Å²) in [5.74, 6) is 0. The number of thiocarbonyl (C=S) groups is 1. The average Bonchev–Trinajstić information content (AvgIpc) is 2.46. The van der Waals surface area contributed by atoms with E-state index in [-0.39, 0.29) is 12.1 Å². The minimum absolute atomic E-state index is 0.255. The van der Waals surface area contributed by atoms with Gasteiger partial charge in [-0.15, -0.1) is 0 Å². The Hall–Kier alpha value is -0.880. The number of nitrogens with one attached hydrogen (secondary N) is 1. The number of amides is 1. The molecule has 0 aromatic heterocycles. The van der Waals surface area contributed by atoms with Gasteiger partial charge in [0.05, 0.1) is 4.99 Å². The molecule has 1 heterocycles. The summed E-state index contributed by atoms with van der Waals surface area (Å²) in [6, 6.07) is 0.907. The van der Waals surface area contributed by atoms with E-state index >= 15 is 0 Å². The van der Waals surface area contributed by atoms with Crippen molar-refractivity contribution in [1.82, 2.24) is 15.1 Å². The van der Waals surface area contributed by atoms with Crippen molar-refractivity contribution in [3.63, 3.8) is 0 Å². The molecule has 0 atom stereocenters. The van der Waals surface area contributed by atoms with E-state index in [1.807, 2.05) is 27.7 Å². The van der Waals surface area contributed by atoms with E-state index in [1.165, 1.54) is 0 Å². The number of hydrogen-bond donors (Lipinski definition) is 1. The van der Waals surface area contributed by atoms with Crippen LogP contribution in [0.3, 0.4) is 0 Å². The molecule has 0 unspecified atom stereocenters. The van der Waals surface area contributed by atoms with Crippen LogP contribution in [0.25, 0.3) is 0 Å². The molecule has 2 fully saturated rings. The molecule has 0 aromatic rings. The second-order valence-electron chi connectivity index (χ2n) is 7.69. The Morgan fingerprint density at radius 2 is 1.65 bits per heavy atom. The second kappa shape index (κ2) is 7.79. The van der Waals surface area contributed by atoms with Gasteiger partial charge >= 0.3 is 6.09 Å². The van der Waals surface area contributed by atoms with Crippen LogP contribution in [0.5, 0.6) is 0 Å². The quantitative estimate of drug-likeness (QED) is 0.783. The van der Waals surface area contributed by atoms with Gasteiger partial charge in [-0.25, -0.2) is 4.79 Å². The highest BCUT2D eigenvalue weighted by Crippen LogP contribution is 2.24. The van der Waals surface area contributed by atoms with Crippen LogP contribution in [0.1, 0.15) is 53.4 Å². The highest BCUT2D eigenvalue weighted by molar-refractivity contribution is 7.80. The van der Waals surface area contributed by atoms with Gasteiger partial charge < -0.3 is 15.0 Å². The van der Waals surface area contributed by atoms with Crippen LogP contribution in [-0.2, 0) is 4.74 Å². The van der Waals surface area contributed by atoms with Gasteiger partial charge in [-0.1, -0.05) is 12.2 Å². The van der Waals surface area contributed by atoms with Gasteiger partial charge in [0.25, 0.3) is 0 Å². The van der Waals surface area contributed by atoms with E-state index in [0.717, 1.165) is 56.9 Å². The third kappa shape index (κ3) is 5.92. The van der Waals surface area contributed by atoms with Crippen molar-refractivity contribution in [3.8, 4) is 0 Å². The number of alkyl carbamates (subject to hydrolysis) is 1. The van der Waals surface area contributed by atoms with Gasteiger partial charge in [0.2, 0.25) is 0 Å². The Kier molecular flexibility index (Phi) is 6.26. The van der Waals surface area contributed by atoms with E-state index < -0.39 is 5.60 Å². The second-order valence-corrected chi connectivity index (χ2v) is 8.28. The summed E-state index contributed by atoms with van der Waals surface area (Å²) in [5.41, 5.74) is -0.430. The molecule has 1 amide bonds. The third-order valence-corrected chi connectivity index (χ3v) is 4.95. The van der Waals surface area contributed by atoms with Crippen LogP contribution >= 0.6 is 12.2 Å². The summed E-state index contributed by atoms with van der Waals surface area (Å²) >= 11 is 5.26. The smallest absolute Gasteiger partial charge is 0.407 e. The van der Waals surface area contributed by atoms with Crippen molar-refractivity contribution >= 4 is 23.3 Å². The predicted octanol–water partition coefficient (Wildman–Crippen LogP) is 2.79. The number of nitrogens with zero attached hydrogens (tertiary/aromatic N) is 2. The fourth-order valence-corrected chi connectivity index (χ4v) is 3.64. The van der Waals surface area contributed by atoms with Crippen molar-refractivity contribution in [2.24, 2.45) is 0 Å². The molecule has 23 heavy (non-hydrogen) atoms. The van der Waals surface area contributed by atoms with Crippen LogP contribution in [-0.4, -0.2) is 64.7 Å². The molecule has 0 bridgehead atoms. The van der Waals surface area contributed by atoms with Gasteiger partial charge in [-0.2, -0.15) is 0 Å². The predicted molar refractivity (Wildman–Crippen MR) is 96.8 cm³/mol. The van der Waals surface area contributed by atoms with Gasteiger partial charge in [0, 0.05) is 38.3 Å². The van der Waals surface area contributed by atoms with E-state index in [4.69, 9.17) is 17.0 Å². The molecule has 0 radical (unpaired) electrons. The number of hydrogen-bond acceptors (Lipinski definition) is 4. The van der Waals surface area contributed by atoms with Crippen molar-refractivity contribution in [2.45, 2.75) is 71.1 Å². The molecule has 0 spiro atoms. The Labute approximate surface area is 145 Å².